The molecule has 1 fully saturated rings. The molecule has 0 unspecified atom stereocenters. The van der Waals surface area contributed by atoms with E-state index in [9.17, 15) is 26.4 Å². The van der Waals surface area contributed by atoms with Crippen molar-refractivity contribution >= 4 is 27.5 Å². The molecule has 3 rings (SSSR count). The first-order valence-electron chi connectivity index (χ1n) is 8.48. The Morgan fingerprint density at radius 2 is 1.79 bits per heavy atom. The molecule has 2 N–H and O–H groups in total. The summed E-state index contributed by atoms with van der Waals surface area (Å²) in [6.07, 6.45) is -3.27. The normalized spacial score (nSPS) is 14.5. The average molecular weight is 449 g/mol. The highest BCUT2D eigenvalue weighted by molar-refractivity contribution is 7.89. The predicted octanol–water partition coefficient (Wildman–Crippen LogP) is 3.61. The lowest BCUT2D eigenvalue weighted by Gasteiger charge is -2.11. The Hall–Kier alpha value is -2.30. The van der Waals surface area contributed by atoms with Crippen LogP contribution in [0.5, 0.6) is 5.75 Å². The van der Waals surface area contributed by atoms with Gasteiger partial charge < -0.3 is 10.1 Å². The first kappa shape index (κ1) is 21.4. The van der Waals surface area contributed by atoms with E-state index in [2.05, 4.69) is 14.8 Å². The van der Waals surface area contributed by atoms with Crippen molar-refractivity contribution in [2.24, 2.45) is 0 Å². The number of hydrogen-bond acceptors (Lipinski definition) is 4. The van der Waals surface area contributed by atoms with Crippen LogP contribution < -0.4 is 14.8 Å². The third kappa shape index (κ3) is 6.09. The first-order valence-corrected chi connectivity index (χ1v) is 10.3. The molecule has 0 aromatic heterocycles. The van der Waals surface area contributed by atoms with Crippen molar-refractivity contribution in [2.45, 2.75) is 36.7 Å². The van der Waals surface area contributed by atoms with E-state index in [0.717, 1.165) is 25.0 Å². The Labute approximate surface area is 170 Å². The van der Waals surface area contributed by atoms with Crippen molar-refractivity contribution in [3.63, 3.8) is 0 Å². The maximum absolute atomic E-state index is 12.4. The Morgan fingerprint density at radius 1 is 1.14 bits per heavy atom. The fourth-order valence-corrected chi connectivity index (χ4v) is 4.26. The lowest BCUT2D eigenvalue weighted by atomic mass is 10.2. The van der Waals surface area contributed by atoms with Gasteiger partial charge in [0.1, 0.15) is 10.6 Å². The second-order valence-electron chi connectivity index (χ2n) is 6.42. The topological polar surface area (TPSA) is 84.5 Å². The molecule has 11 heteroatoms. The van der Waals surface area contributed by atoms with Gasteiger partial charge in [-0.25, -0.2) is 13.1 Å². The van der Waals surface area contributed by atoms with Gasteiger partial charge in [0.15, 0.2) is 0 Å². The molecule has 0 radical (unpaired) electrons. The Bertz CT molecular complexity index is 1010. The number of hydrogen-bond donors (Lipinski definition) is 2. The summed E-state index contributed by atoms with van der Waals surface area (Å²) in [6.45, 7) is 0.0240. The number of halogens is 4. The highest BCUT2D eigenvalue weighted by atomic mass is 35.5. The molecule has 1 saturated carbocycles. The smallest absolute Gasteiger partial charge is 0.406 e. The monoisotopic (exact) mass is 448 g/mol. The van der Waals surface area contributed by atoms with Gasteiger partial charge in [-0.1, -0.05) is 23.7 Å². The van der Waals surface area contributed by atoms with Gasteiger partial charge in [-0.3, -0.25) is 4.79 Å². The van der Waals surface area contributed by atoms with Crippen molar-refractivity contribution in [2.75, 3.05) is 0 Å². The Kier molecular flexibility index (Phi) is 6.06. The SMILES string of the molecule is O=C(NCc1ccc(OC(F)(F)F)cc1)c1ccc(Cl)c(S(=O)(=O)NC2CC2)c1. The molecule has 0 aliphatic heterocycles. The van der Waals surface area contributed by atoms with Gasteiger partial charge >= 0.3 is 6.36 Å². The molecular weight excluding hydrogens is 433 g/mol. The van der Waals surface area contributed by atoms with Crippen LogP contribution in [-0.4, -0.2) is 26.7 Å². The predicted molar refractivity (Wildman–Crippen MR) is 99.1 cm³/mol. The van der Waals surface area contributed by atoms with Crippen molar-refractivity contribution < 1.29 is 31.1 Å². The van der Waals surface area contributed by atoms with E-state index in [0.29, 0.717) is 5.56 Å². The van der Waals surface area contributed by atoms with Crippen LogP contribution in [-0.2, 0) is 16.6 Å². The molecule has 0 spiro atoms. The maximum Gasteiger partial charge on any atom is 0.573 e. The van der Waals surface area contributed by atoms with Gasteiger partial charge in [-0.2, -0.15) is 0 Å². The van der Waals surface area contributed by atoms with E-state index in [4.69, 9.17) is 11.6 Å². The fourth-order valence-electron chi connectivity index (χ4n) is 2.43. The Morgan fingerprint density at radius 3 is 2.38 bits per heavy atom. The van der Waals surface area contributed by atoms with Gasteiger partial charge in [-0.05, 0) is 48.7 Å². The summed E-state index contributed by atoms with van der Waals surface area (Å²) >= 11 is 5.98. The summed E-state index contributed by atoms with van der Waals surface area (Å²) < 4.78 is 67.5. The molecule has 0 heterocycles. The molecule has 2 aromatic rings. The summed E-state index contributed by atoms with van der Waals surface area (Å²) in [6, 6.07) is 8.78. The molecule has 2 aromatic carbocycles. The van der Waals surface area contributed by atoms with E-state index < -0.39 is 22.3 Å². The number of rotatable bonds is 7. The quantitative estimate of drug-likeness (QED) is 0.677. The standard InChI is InChI=1S/C18H16ClF3N2O4S/c19-15-8-3-12(9-16(15)29(26,27)24-13-4-5-13)17(25)23-10-11-1-6-14(7-2-11)28-18(20,21)22/h1-3,6-9,13,24H,4-5,10H2,(H,23,25). The van der Waals surface area contributed by atoms with Crippen LogP contribution in [0.1, 0.15) is 28.8 Å². The number of carbonyl (C=O) groups excluding carboxylic acids is 1. The molecule has 156 valence electrons. The molecule has 1 aliphatic carbocycles. The molecule has 6 nitrogen and oxygen atoms in total. The van der Waals surface area contributed by atoms with E-state index in [1.54, 1.807) is 0 Å². The maximum atomic E-state index is 12.4. The lowest BCUT2D eigenvalue weighted by Crippen LogP contribution is -2.27. The average Bonchev–Trinajstić information content (AvgIpc) is 3.43. The zero-order valence-electron chi connectivity index (χ0n) is 14.8. The fraction of sp³-hybridized carbons (Fsp3) is 0.278. The van der Waals surface area contributed by atoms with Gasteiger partial charge in [-0.15, -0.1) is 13.2 Å². The number of nitrogens with one attached hydrogen (secondary N) is 2. The van der Waals surface area contributed by atoms with Crippen LogP contribution in [0.3, 0.4) is 0 Å². The highest BCUT2D eigenvalue weighted by Gasteiger charge is 2.31. The summed E-state index contributed by atoms with van der Waals surface area (Å²) in [7, 11) is -3.84. The lowest BCUT2D eigenvalue weighted by molar-refractivity contribution is -0.274. The van der Waals surface area contributed by atoms with Crippen LogP contribution in [0, 0.1) is 0 Å². The number of alkyl halides is 3. The minimum absolute atomic E-state index is 0.00467. The van der Waals surface area contributed by atoms with E-state index >= 15 is 0 Å². The number of sulfonamides is 1. The molecule has 0 bridgehead atoms. The first-order chi connectivity index (χ1) is 13.5. The van der Waals surface area contributed by atoms with Gasteiger partial charge in [0, 0.05) is 18.2 Å². The van der Waals surface area contributed by atoms with Gasteiger partial charge in [0.25, 0.3) is 5.91 Å². The second-order valence-corrected chi connectivity index (χ2v) is 8.50. The summed E-state index contributed by atoms with van der Waals surface area (Å²) in [5, 5.41) is 2.57. The van der Waals surface area contributed by atoms with E-state index in [1.807, 2.05) is 0 Å². The second kappa shape index (κ2) is 8.21. The zero-order chi connectivity index (χ0) is 21.2. The van der Waals surface area contributed by atoms with Crippen molar-refractivity contribution in [3.05, 3.63) is 58.6 Å². The van der Waals surface area contributed by atoms with Crippen LogP contribution in [0.2, 0.25) is 5.02 Å². The van der Waals surface area contributed by atoms with Crippen molar-refractivity contribution in [1.82, 2.24) is 10.0 Å². The summed E-state index contributed by atoms with van der Waals surface area (Å²) in [5.41, 5.74) is 0.618. The minimum Gasteiger partial charge on any atom is -0.406 e. The molecule has 29 heavy (non-hydrogen) atoms. The number of ether oxygens (including phenoxy) is 1. The number of benzene rings is 2. The molecule has 1 aliphatic rings. The largest absolute Gasteiger partial charge is 0.573 e. The number of amides is 1. The van der Waals surface area contributed by atoms with E-state index in [-0.39, 0.29) is 33.8 Å². The summed E-state index contributed by atoms with van der Waals surface area (Å²) in [5.74, 6) is -0.927. The third-order valence-electron chi connectivity index (χ3n) is 3.99. The van der Waals surface area contributed by atoms with Crippen molar-refractivity contribution in [1.29, 1.82) is 0 Å². The Balaban J connectivity index is 1.66. The van der Waals surface area contributed by atoms with Gasteiger partial charge in [0.05, 0.1) is 5.02 Å². The highest BCUT2D eigenvalue weighted by Crippen LogP contribution is 2.27. The molecular formula is C18H16ClF3N2O4S. The molecule has 1 amide bonds. The molecule has 0 atom stereocenters. The van der Waals surface area contributed by atoms with Crippen LogP contribution >= 0.6 is 11.6 Å². The molecule has 0 saturated heterocycles. The van der Waals surface area contributed by atoms with Crippen LogP contribution in [0.25, 0.3) is 0 Å². The minimum atomic E-state index is -4.78. The van der Waals surface area contributed by atoms with Gasteiger partial charge in [0.2, 0.25) is 10.0 Å². The van der Waals surface area contributed by atoms with Crippen LogP contribution in [0.4, 0.5) is 13.2 Å². The number of carbonyl (C=O) groups is 1. The van der Waals surface area contributed by atoms with E-state index in [1.165, 1.54) is 30.3 Å². The third-order valence-corrected chi connectivity index (χ3v) is 5.99. The zero-order valence-corrected chi connectivity index (χ0v) is 16.4. The summed E-state index contributed by atoms with van der Waals surface area (Å²) in [4.78, 5) is 12.2. The van der Waals surface area contributed by atoms with Crippen LogP contribution in [0.15, 0.2) is 47.4 Å². The van der Waals surface area contributed by atoms with Crippen molar-refractivity contribution in [3.8, 4) is 5.75 Å².